The third-order valence-electron chi connectivity index (χ3n) is 3.34. The van der Waals surface area contributed by atoms with E-state index in [9.17, 15) is 4.79 Å². The summed E-state index contributed by atoms with van der Waals surface area (Å²) in [5, 5.41) is 6.35. The third kappa shape index (κ3) is 6.36. The molecule has 0 saturated heterocycles. The summed E-state index contributed by atoms with van der Waals surface area (Å²) in [4.78, 5) is 13.9. The van der Waals surface area contributed by atoms with E-state index in [1.807, 2.05) is 0 Å². The number of rotatable bonds is 9. The molecule has 0 spiro atoms. The SMILES string of the molecule is CC(C)N(CCNCCC(=O)NC1CC1)C(C)C. The molecule has 0 radical (unpaired) electrons. The number of hydrogen-bond acceptors (Lipinski definition) is 3. The van der Waals surface area contributed by atoms with E-state index < -0.39 is 0 Å². The predicted molar refractivity (Wildman–Crippen MR) is 75.6 cm³/mol. The highest BCUT2D eigenvalue weighted by molar-refractivity contribution is 5.76. The predicted octanol–water partition coefficient (Wildman–Crippen LogP) is 1.36. The van der Waals surface area contributed by atoms with Gasteiger partial charge in [0.25, 0.3) is 0 Å². The van der Waals surface area contributed by atoms with Crippen molar-refractivity contribution in [2.75, 3.05) is 19.6 Å². The average molecular weight is 255 g/mol. The van der Waals surface area contributed by atoms with Gasteiger partial charge in [0.2, 0.25) is 5.91 Å². The van der Waals surface area contributed by atoms with Crippen LogP contribution in [0.25, 0.3) is 0 Å². The Morgan fingerprint density at radius 3 is 2.28 bits per heavy atom. The third-order valence-corrected chi connectivity index (χ3v) is 3.34. The number of amides is 1. The molecule has 0 bridgehead atoms. The van der Waals surface area contributed by atoms with Gasteiger partial charge in [0, 0.05) is 44.2 Å². The fraction of sp³-hybridized carbons (Fsp3) is 0.929. The fourth-order valence-electron chi connectivity index (χ4n) is 2.18. The minimum absolute atomic E-state index is 0.189. The highest BCUT2D eigenvalue weighted by atomic mass is 16.1. The van der Waals surface area contributed by atoms with Crippen LogP contribution in [0.5, 0.6) is 0 Å². The first-order valence-electron chi connectivity index (χ1n) is 7.26. The molecule has 106 valence electrons. The zero-order valence-electron chi connectivity index (χ0n) is 12.3. The molecule has 4 heteroatoms. The smallest absolute Gasteiger partial charge is 0.221 e. The summed E-state index contributed by atoms with van der Waals surface area (Å²) in [5.74, 6) is 0.189. The molecular formula is C14H29N3O. The van der Waals surface area contributed by atoms with E-state index in [2.05, 4.69) is 43.2 Å². The number of carbonyl (C=O) groups is 1. The Balaban J connectivity index is 2.00. The molecule has 0 aromatic heterocycles. The van der Waals surface area contributed by atoms with Gasteiger partial charge >= 0.3 is 0 Å². The molecule has 2 N–H and O–H groups in total. The Hall–Kier alpha value is -0.610. The lowest BCUT2D eigenvalue weighted by Crippen LogP contribution is -2.41. The van der Waals surface area contributed by atoms with Crippen molar-refractivity contribution in [3.63, 3.8) is 0 Å². The Morgan fingerprint density at radius 1 is 1.17 bits per heavy atom. The molecule has 1 fully saturated rings. The molecular weight excluding hydrogens is 226 g/mol. The first-order chi connectivity index (χ1) is 8.50. The van der Waals surface area contributed by atoms with Crippen molar-refractivity contribution in [2.45, 2.75) is 65.1 Å². The summed E-state index contributed by atoms with van der Waals surface area (Å²) in [7, 11) is 0. The zero-order valence-corrected chi connectivity index (χ0v) is 12.3. The van der Waals surface area contributed by atoms with Crippen molar-refractivity contribution < 1.29 is 4.79 Å². The summed E-state index contributed by atoms with van der Waals surface area (Å²) in [6, 6.07) is 1.63. The van der Waals surface area contributed by atoms with Crippen molar-refractivity contribution in [2.24, 2.45) is 0 Å². The molecule has 4 nitrogen and oxygen atoms in total. The van der Waals surface area contributed by atoms with Gasteiger partial charge in [-0.1, -0.05) is 0 Å². The van der Waals surface area contributed by atoms with E-state index in [0.717, 1.165) is 32.5 Å². The minimum Gasteiger partial charge on any atom is -0.353 e. The first-order valence-corrected chi connectivity index (χ1v) is 7.26. The van der Waals surface area contributed by atoms with Crippen LogP contribution in [0.15, 0.2) is 0 Å². The van der Waals surface area contributed by atoms with Crippen LogP contribution >= 0.6 is 0 Å². The second-order valence-electron chi connectivity index (χ2n) is 5.77. The lowest BCUT2D eigenvalue weighted by molar-refractivity contribution is -0.121. The molecule has 0 aromatic rings. The van der Waals surface area contributed by atoms with Crippen LogP contribution in [-0.4, -0.2) is 48.6 Å². The maximum Gasteiger partial charge on any atom is 0.221 e. The molecule has 0 unspecified atom stereocenters. The number of nitrogens with zero attached hydrogens (tertiary/aromatic N) is 1. The topological polar surface area (TPSA) is 44.4 Å². The lowest BCUT2D eigenvalue weighted by Gasteiger charge is -2.30. The van der Waals surface area contributed by atoms with Crippen molar-refractivity contribution in [1.29, 1.82) is 0 Å². The molecule has 0 atom stereocenters. The van der Waals surface area contributed by atoms with Gasteiger partial charge in [-0.15, -0.1) is 0 Å². The maximum atomic E-state index is 11.4. The molecule has 1 amide bonds. The van der Waals surface area contributed by atoms with Gasteiger partial charge in [0.15, 0.2) is 0 Å². The molecule has 0 aliphatic heterocycles. The highest BCUT2D eigenvalue weighted by Gasteiger charge is 2.22. The Kier molecular flexibility index (Phi) is 6.65. The maximum absolute atomic E-state index is 11.4. The summed E-state index contributed by atoms with van der Waals surface area (Å²) >= 11 is 0. The van der Waals surface area contributed by atoms with Gasteiger partial charge in [-0.05, 0) is 40.5 Å². The quantitative estimate of drug-likeness (QED) is 0.612. The minimum atomic E-state index is 0.189. The van der Waals surface area contributed by atoms with Gasteiger partial charge < -0.3 is 10.6 Å². The van der Waals surface area contributed by atoms with E-state index in [1.165, 1.54) is 0 Å². The van der Waals surface area contributed by atoms with E-state index in [4.69, 9.17) is 0 Å². The van der Waals surface area contributed by atoms with Gasteiger partial charge in [0.1, 0.15) is 0 Å². The second-order valence-corrected chi connectivity index (χ2v) is 5.77. The van der Waals surface area contributed by atoms with Crippen molar-refractivity contribution in [3.05, 3.63) is 0 Å². The molecule has 0 aromatic carbocycles. The molecule has 1 rings (SSSR count). The lowest BCUT2D eigenvalue weighted by atomic mass is 10.2. The Morgan fingerprint density at radius 2 is 1.78 bits per heavy atom. The van der Waals surface area contributed by atoms with Gasteiger partial charge in [-0.3, -0.25) is 9.69 Å². The van der Waals surface area contributed by atoms with Crippen LogP contribution in [0.3, 0.4) is 0 Å². The van der Waals surface area contributed by atoms with Crippen LogP contribution in [-0.2, 0) is 4.79 Å². The first kappa shape index (κ1) is 15.4. The number of nitrogens with one attached hydrogen (secondary N) is 2. The monoisotopic (exact) mass is 255 g/mol. The summed E-state index contributed by atoms with van der Waals surface area (Å²) in [6.45, 7) is 11.7. The van der Waals surface area contributed by atoms with Gasteiger partial charge in [-0.25, -0.2) is 0 Å². The summed E-state index contributed by atoms with van der Waals surface area (Å²) in [5.41, 5.74) is 0. The van der Waals surface area contributed by atoms with E-state index in [1.54, 1.807) is 0 Å². The van der Waals surface area contributed by atoms with Crippen LogP contribution in [0, 0.1) is 0 Å². The van der Waals surface area contributed by atoms with Crippen molar-refractivity contribution >= 4 is 5.91 Å². The Labute approximate surface area is 111 Å². The number of hydrogen-bond donors (Lipinski definition) is 2. The van der Waals surface area contributed by atoms with Crippen LogP contribution < -0.4 is 10.6 Å². The van der Waals surface area contributed by atoms with Crippen molar-refractivity contribution in [3.8, 4) is 0 Å². The van der Waals surface area contributed by atoms with Crippen molar-refractivity contribution in [1.82, 2.24) is 15.5 Å². The summed E-state index contributed by atoms with van der Waals surface area (Å²) < 4.78 is 0. The fourth-order valence-corrected chi connectivity index (χ4v) is 2.18. The van der Waals surface area contributed by atoms with Gasteiger partial charge in [0.05, 0.1) is 0 Å². The van der Waals surface area contributed by atoms with Crippen LogP contribution in [0.1, 0.15) is 47.0 Å². The van der Waals surface area contributed by atoms with E-state index in [-0.39, 0.29) is 5.91 Å². The zero-order chi connectivity index (χ0) is 13.5. The molecule has 1 aliphatic carbocycles. The Bertz CT molecular complexity index is 241. The normalized spacial score (nSPS) is 15.7. The van der Waals surface area contributed by atoms with E-state index >= 15 is 0 Å². The molecule has 18 heavy (non-hydrogen) atoms. The largest absolute Gasteiger partial charge is 0.353 e. The summed E-state index contributed by atoms with van der Waals surface area (Å²) in [6.07, 6.45) is 2.92. The van der Waals surface area contributed by atoms with Gasteiger partial charge in [-0.2, -0.15) is 0 Å². The number of carbonyl (C=O) groups excluding carboxylic acids is 1. The average Bonchev–Trinajstić information content (AvgIpc) is 3.05. The van der Waals surface area contributed by atoms with E-state index in [0.29, 0.717) is 24.5 Å². The second kappa shape index (κ2) is 7.74. The molecule has 1 saturated carbocycles. The standard InChI is InChI=1S/C14H29N3O/c1-11(2)17(12(3)4)10-9-15-8-7-14(18)16-13-5-6-13/h11-13,15H,5-10H2,1-4H3,(H,16,18). The molecule has 0 heterocycles. The van der Waals surface area contributed by atoms with Crippen LogP contribution in [0.4, 0.5) is 0 Å². The van der Waals surface area contributed by atoms with Crippen LogP contribution in [0.2, 0.25) is 0 Å². The highest BCUT2D eigenvalue weighted by Crippen LogP contribution is 2.18. The molecule has 1 aliphatic rings.